The van der Waals surface area contributed by atoms with E-state index in [1.54, 1.807) is 0 Å². The van der Waals surface area contributed by atoms with Crippen LogP contribution >= 0.6 is 0 Å². The van der Waals surface area contributed by atoms with Crippen molar-refractivity contribution in [3.05, 3.63) is 41.5 Å². The number of benzene rings is 1. The molecule has 0 saturated heterocycles. The smallest absolute Gasteiger partial charge is 0.328 e. The van der Waals surface area contributed by atoms with Crippen LogP contribution in [0.2, 0.25) is 0 Å². The van der Waals surface area contributed by atoms with Gasteiger partial charge in [-0.2, -0.15) is 0 Å². The van der Waals surface area contributed by atoms with Gasteiger partial charge in [0.05, 0.1) is 0 Å². The number of rotatable bonds is 1. The molecule has 0 fully saturated rings. The minimum absolute atomic E-state index is 0.0674. The van der Waals surface area contributed by atoms with Crippen LogP contribution in [0.4, 0.5) is 0 Å². The highest BCUT2D eigenvalue weighted by atomic mass is 16.4. The topological polar surface area (TPSA) is 37.3 Å². The van der Waals surface area contributed by atoms with Gasteiger partial charge in [0.2, 0.25) is 0 Å². The zero-order chi connectivity index (χ0) is 11.1. The molecule has 78 valence electrons. The SMILES string of the molecule is CC1(C)Cc2ccccc2/C1=C\C(=O)O. The Morgan fingerprint density at radius 2 is 2.07 bits per heavy atom. The summed E-state index contributed by atoms with van der Waals surface area (Å²) in [6.07, 6.45) is 2.26. The Balaban J connectivity index is 2.58. The summed E-state index contributed by atoms with van der Waals surface area (Å²) in [4.78, 5) is 10.8. The van der Waals surface area contributed by atoms with Crippen LogP contribution in [0, 0.1) is 5.41 Å². The molecule has 2 rings (SSSR count). The van der Waals surface area contributed by atoms with E-state index in [4.69, 9.17) is 5.11 Å². The van der Waals surface area contributed by atoms with E-state index in [1.807, 2.05) is 18.2 Å². The number of carboxylic acids is 1. The molecule has 2 nitrogen and oxygen atoms in total. The molecule has 0 atom stereocenters. The third kappa shape index (κ3) is 1.67. The Hall–Kier alpha value is -1.57. The predicted molar refractivity (Wildman–Crippen MR) is 59.5 cm³/mol. The van der Waals surface area contributed by atoms with Crippen LogP contribution in [0.3, 0.4) is 0 Å². The first-order valence-corrected chi connectivity index (χ1v) is 5.04. The molecule has 0 aliphatic heterocycles. The molecule has 0 unspecified atom stereocenters. The number of carbonyl (C=O) groups is 1. The quantitative estimate of drug-likeness (QED) is 0.711. The molecule has 1 aliphatic carbocycles. The Kier molecular flexibility index (Phi) is 2.14. The molecule has 0 heterocycles. The van der Waals surface area contributed by atoms with E-state index < -0.39 is 5.97 Å². The highest BCUT2D eigenvalue weighted by Crippen LogP contribution is 2.45. The molecule has 0 saturated carbocycles. The van der Waals surface area contributed by atoms with Gasteiger partial charge in [-0.3, -0.25) is 0 Å². The van der Waals surface area contributed by atoms with E-state index in [1.165, 1.54) is 11.6 Å². The van der Waals surface area contributed by atoms with Crippen molar-refractivity contribution in [1.29, 1.82) is 0 Å². The fourth-order valence-electron chi connectivity index (χ4n) is 2.27. The van der Waals surface area contributed by atoms with E-state index >= 15 is 0 Å². The van der Waals surface area contributed by atoms with Crippen molar-refractivity contribution in [2.45, 2.75) is 20.3 Å². The van der Waals surface area contributed by atoms with E-state index in [0.717, 1.165) is 17.6 Å². The number of allylic oxidation sites excluding steroid dienone is 1. The minimum Gasteiger partial charge on any atom is -0.478 e. The number of hydrogen-bond donors (Lipinski definition) is 1. The Morgan fingerprint density at radius 1 is 1.40 bits per heavy atom. The zero-order valence-electron chi connectivity index (χ0n) is 8.95. The van der Waals surface area contributed by atoms with Crippen LogP contribution in [-0.2, 0) is 11.2 Å². The largest absolute Gasteiger partial charge is 0.478 e. The first-order chi connectivity index (χ1) is 7.00. The van der Waals surface area contributed by atoms with Crippen molar-refractivity contribution >= 4 is 11.5 Å². The van der Waals surface area contributed by atoms with Gasteiger partial charge in [0.1, 0.15) is 0 Å². The molecule has 0 spiro atoms. The van der Waals surface area contributed by atoms with Crippen molar-refractivity contribution in [2.75, 3.05) is 0 Å². The molecule has 1 aromatic carbocycles. The van der Waals surface area contributed by atoms with Gasteiger partial charge in [-0.15, -0.1) is 0 Å². The summed E-state index contributed by atoms with van der Waals surface area (Å²) in [5.74, 6) is -0.866. The van der Waals surface area contributed by atoms with Gasteiger partial charge in [-0.25, -0.2) is 4.79 Å². The maximum Gasteiger partial charge on any atom is 0.328 e. The summed E-state index contributed by atoms with van der Waals surface area (Å²) in [6, 6.07) is 8.02. The highest BCUT2D eigenvalue weighted by Gasteiger charge is 2.33. The van der Waals surface area contributed by atoms with Crippen molar-refractivity contribution < 1.29 is 9.90 Å². The molecule has 1 aromatic rings. The van der Waals surface area contributed by atoms with Crippen LogP contribution in [0.25, 0.3) is 5.57 Å². The zero-order valence-corrected chi connectivity index (χ0v) is 8.95. The van der Waals surface area contributed by atoms with Gasteiger partial charge in [0.25, 0.3) is 0 Å². The fourth-order valence-corrected chi connectivity index (χ4v) is 2.27. The lowest BCUT2D eigenvalue weighted by Crippen LogP contribution is -2.10. The summed E-state index contributed by atoms with van der Waals surface area (Å²) in [6.45, 7) is 4.17. The number of aliphatic carboxylic acids is 1. The predicted octanol–water partition coefficient (Wildman–Crippen LogP) is 2.74. The Morgan fingerprint density at radius 3 is 2.73 bits per heavy atom. The molecule has 0 aromatic heterocycles. The monoisotopic (exact) mass is 202 g/mol. The average molecular weight is 202 g/mol. The maximum atomic E-state index is 10.8. The molecule has 15 heavy (non-hydrogen) atoms. The standard InChI is InChI=1S/C13H14O2/c1-13(2)8-9-5-3-4-6-10(9)11(13)7-12(14)15/h3-7H,8H2,1-2H3,(H,14,15)/b11-7+. The molecule has 0 bridgehead atoms. The van der Waals surface area contributed by atoms with Crippen LogP contribution in [-0.4, -0.2) is 11.1 Å². The lowest BCUT2D eigenvalue weighted by Gasteiger charge is -2.19. The summed E-state index contributed by atoms with van der Waals surface area (Å²) in [7, 11) is 0. The number of fused-ring (bicyclic) bond motifs is 1. The summed E-state index contributed by atoms with van der Waals surface area (Å²) >= 11 is 0. The van der Waals surface area contributed by atoms with Gasteiger partial charge in [0.15, 0.2) is 0 Å². The second kappa shape index (κ2) is 3.23. The molecule has 0 radical (unpaired) electrons. The lowest BCUT2D eigenvalue weighted by atomic mass is 9.85. The molecular weight excluding hydrogens is 188 g/mol. The first kappa shape index (κ1) is 9.97. The summed E-state index contributed by atoms with van der Waals surface area (Å²) in [5.41, 5.74) is 3.20. The van der Waals surface area contributed by atoms with Crippen molar-refractivity contribution in [1.82, 2.24) is 0 Å². The molecule has 1 N–H and O–H groups in total. The van der Waals surface area contributed by atoms with Gasteiger partial charge >= 0.3 is 5.97 Å². The van der Waals surface area contributed by atoms with Gasteiger partial charge in [-0.05, 0) is 28.5 Å². The minimum atomic E-state index is -0.866. The van der Waals surface area contributed by atoms with Gasteiger partial charge in [-0.1, -0.05) is 38.1 Å². The Labute approximate surface area is 89.2 Å². The molecule has 2 heteroatoms. The van der Waals surface area contributed by atoms with Crippen LogP contribution in [0.5, 0.6) is 0 Å². The average Bonchev–Trinajstić information content (AvgIpc) is 2.37. The summed E-state index contributed by atoms with van der Waals surface area (Å²) in [5, 5.41) is 8.86. The lowest BCUT2D eigenvalue weighted by molar-refractivity contribution is -0.131. The van der Waals surface area contributed by atoms with Gasteiger partial charge in [0, 0.05) is 6.08 Å². The summed E-state index contributed by atoms with van der Waals surface area (Å²) < 4.78 is 0. The van der Waals surface area contributed by atoms with Crippen LogP contribution in [0.15, 0.2) is 30.3 Å². The highest BCUT2D eigenvalue weighted by molar-refractivity contribution is 5.93. The van der Waals surface area contributed by atoms with Crippen molar-refractivity contribution in [2.24, 2.45) is 5.41 Å². The third-order valence-corrected chi connectivity index (χ3v) is 2.94. The second-order valence-electron chi connectivity index (χ2n) is 4.61. The van der Waals surface area contributed by atoms with E-state index in [0.29, 0.717) is 0 Å². The molecule has 0 amide bonds. The van der Waals surface area contributed by atoms with Crippen LogP contribution in [0.1, 0.15) is 25.0 Å². The second-order valence-corrected chi connectivity index (χ2v) is 4.61. The third-order valence-electron chi connectivity index (χ3n) is 2.94. The Bertz CT molecular complexity index is 442. The number of carboxylic acid groups (broad SMARTS) is 1. The van der Waals surface area contributed by atoms with E-state index in [2.05, 4.69) is 19.9 Å². The number of hydrogen-bond acceptors (Lipinski definition) is 1. The van der Waals surface area contributed by atoms with Gasteiger partial charge < -0.3 is 5.11 Å². The normalized spacial score (nSPS) is 20.3. The van der Waals surface area contributed by atoms with Crippen molar-refractivity contribution in [3.63, 3.8) is 0 Å². The first-order valence-electron chi connectivity index (χ1n) is 5.04. The van der Waals surface area contributed by atoms with Crippen molar-refractivity contribution in [3.8, 4) is 0 Å². The van der Waals surface area contributed by atoms with Crippen LogP contribution < -0.4 is 0 Å². The maximum absolute atomic E-state index is 10.8. The van der Waals surface area contributed by atoms with E-state index in [-0.39, 0.29) is 5.41 Å². The molecular formula is C13H14O2. The van der Waals surface area contributed by atoms with E-state index in [9.17, 15) is 4.79 Å². The fraction of sp³-hybridized carbons (Fsp3) is 0.308. The molecule has 1 aliphatic rings.